The topological polar surface area (TPSA) is 56.7 Å². The van der Waals surface area contributed by atoms with Gasteiger partial charge in [0.25, 0.3) is 0 Å². The third-order valence-corrected chi connectivity index (χ3v) is 9.56. The van der Waals surface area contributed by atoms with Crippen LogP contribution in [0, 0.1) is 0 Å². The summed E-state index contributed by atoms with van der Waals surface area (Å²) in [6, 6.07) is 59.2. The Kier molecular flexibility index (Phi) is 6.42. The molecule has 50 heavy (non-hydrogen) atoms. The number of hydrogen-bond donors (Lipinski definition) is 0. The molecular weight excluding hydrogens is 613 g/mol. The van der Waals surface area contributed by atoms with Crippen molar-refractivity contribution in [3.8, 4) is 51.0 Å². The van der Waals surface area contributed by atoms with Gasteiger partial charge in [-0.25, -0.2) is 4.98 Å². The Hall–Kier alpha value is -6.85. The smallest absolute Gasteiger partial charge is 0.248 e. The third kappa shape index (κ3) is 4.52. The van der Waals surface area contributed by atoms with E-state index in [1.807, 2.05) is 42.5 Å². The van der Waals surface area contributed by atoms with Crippen LogP contribution in [-0.2, 0) is 0 Å². The number of fused-ring (bicyclic) bond motifs is 7. The number of nitrogens with zero attached hydrogens (tertiary/aromatic N) is 4. The molecule has 0 atom stereocenters. The molecule has 0 fully saturated rings. The molecule has 5 nitrogen and oxygen atoms in total. The predicted molar refractivity (Wildman–Crippen MR) is 203 cm³/mol. The lowest BCUT2D eigenvalue weighted by molar-refractivity contribution is 0.584. The summed E-state index contributed by atoms with van der Waals surface area (Å²) in [6.45, 7) is 0. The van der Waals surface area contributed by atoms with Crippen molar-refractivity contribution in [2.75, 3.05) is 0 Å². The van der Waals surface area contributed by atoms with E-state index in [-0.39, 0.29) is 0 Å². The van der Waals surface area contributed by atoms with Crippen LogP contribution < -0.4 is 0 Å². The highest BCUT2D eigenvalue weighted by Crippen LogP contribution is 2.42. The monoisotopic (exact) mass is 640 g/mol. The van der Waals surface area contributed by atoms with E-state index in [2.05, 4.69) is 142 Å². The van der Waals surface area contributed by atoms with Gasteiger partial charge in [0.05, 0.1) is 22.2 Å². The van der Waals surface area contributed by atoms with Gasteiger partial charge in [-0.15, -0.1) is 10.2 Å². The van der Waals surface area contributed by atoms with E-state index in [1.165, 1.54) is 21.7 Å². The minimum absolute atomic E-state index is 0.498. The van der Waals surface area contributed by atoms with E-state index in [4.69, 9.17) is 9.40 Å². The van der Waals surface area contributed by atoms with E-state index in [0.717, 1.165) is 61.0 Å². The molecule has 0 N–H and O–H groups in total. The Morgan fingerprint density at radius 2 is 1.02 bits per heavy atom. The first kappa shape index (κ1) is 28.2. The van der Waals surface area contributed by atoms with E-state index < -0.39 is 0 Å². The van der Waals surface area contributed by atoms with E-state index in [9.17, 15) is 0 Å². The van der Waals surface area contributed by atoms with Gasteiger partial charge in [0, 0.05) is 49.3 Å². The van der Waals surface area contributed by atoms with Gasteiger partial charge >= 0.3 is 0 Å². The molecule has 0 spiro atoms. The van der Waals surface area contributed by atoms with Crippen LogP contribution in [0.1, 0.15) is 0 Å². The number of benzene rings is 7. The maximum Gasteiger partial charge on any atom is 0.248 e. The van der Waals surface area contributed by atoms with Gasteiger partial charge in [-0.2, -0.15) is 0 Å². The SMILES string of the molecule is c1ccc(-c2nnc(-c3ccc(-c4cccc(-n5c6ccccc6c6ccc7c(-c8ccccc8)nc8ccccc8c7c65)c4)cc3)o2)cc1. The quantitative estimate of drug-likeness (QED) is 0.176. The molecule has 0 aliphatic rings. The van der Waals surface area contributed by atoms with Gasteiger partial charge < -0.3 is 8.98 Å². The summed E-state index contributed by atoms with van der Waals surface area (Å²) in [4.78, 5) is 5.21. The normalized spacial score (nSPS) is 11.6. The third-order valence-electron chi connectivity index (χ3n) is 9.56. The Bertz CT molecular complexity index is 2850. The largest absolute Gasteiger partial charge is 0.416 e. The van der Waals surface area contributed by atoms with Crippen molar-refractivity contribution in [1.29, 1.82) is 0 Å². The zero-order valence-electron chi connectivity index (χ0n) is 26.9. The second kappa shape index (κ2) is 11.4. The van der Waals surface area contributed by atoms with Crippen molar-refractivity contribution in [3.05, 3.63) is 170 Å². The molecule has 0 amide bonds. The Morgan fingerprint density at radius 3 is 1.80 bits per heavy atom. The summed E-state index contributed by atoms with van der Waals surface area (Å²) in [5.41, 5.74) is 10.5. The fourth-order valence-electron chi connectivity index (χ4n) is 7.24. The lowest BCUT2D eigenvalue weighted by Gasteiger charge is -2.15. The molecule has 3 aromatic heterocycles. The molecule has 0 unspecified atom stereocenters. The standard InChI is InChI=1S/C45H28N4O/c1-3-12-30(13-4-1)42-38-27-26-36-35-18-8-10-21-40(35)49(43(36)41(38)37-19-7-9-20-39(37)46-42)34-17-11-16-33(28-34)29-22-24-32(25-23-29)45-48-47-44(50-45)31-14-5-2-6-15-31/h1-28H. The summed E-state index contributed by atoms with van der Waals surface area (Å²) < 4.78 is 8.45. The zero-order valence-corrected chi connectivity index (χ0v) is 26.9. The number of para-hydroxylation sites is 2. The highest BCUT2D eigenvalue weighted by molar-refractivity contribution is 6.26. The molecule has 0 aliphatic carbocycles. The molecule has 10 aromatic rings. The van der Waals surface area contributed by atoms with Gasteiger partial charge in [-0.1, -0.05) is 121 Å². The fraction of sp³-hybridized carbons (Fsp3) is 0. The zero-order chi connectivity index (χ0) is 33.0. The molecule has 10 rings (SSSR count). The maximum atomic E-state index is 6.02. The van der Waals surface area contributed by atoms with Crippen molar-refractivity contribution >= 4 is 43.5 Å². The van der Waals surface area contributed by atoms with E-state index in [1.54, 1.807) is 0 Å². The molecular formula is C45H28N4O. The lowest BCUT2D eigenvalue weighted by atomic mass is 9.97. The molecule has 234 valence electrons. The van der Waals surface area contributed by atoms with E-state index >= 15 is 0 Å². The molecule has 0 radical (unpaired) electrons. The highest BCUT2D eigenvalue weighted by Gasteiger charge is 2.20. The first-order valence-electron chi connectivity index (χ1n) is 16.7. The Balaban J connectivity index is 1.15. The van der Waals surface area contributed by atoms with Gasteiger partial charge in [-0.3, -0.25) is 0 Å². The average Bonchev–Trinajstić information content (AvgIpc) is 3.82. The van der Waals surface area contributed by atoms with Crippen LogP contribution in [-0.4, -0.2) is 19.7 Å². The van der Waals surface area contributed by atoms with Gasteiger partial charge in [0.1, 0.15) is 0 Å². The molecule has 3 heterocycles. The molecule has 0 aliphatic heterocycles. The Labute approximate surface area is 287 Å². The van der Waals surface area contributed by atoms with Gasteiger partial charge in [0.2, 0.25) is 11.8 Å². The summed E-state index contributed by atoms with van der Waals surface area (Å²) in [7, 11) is 0. The summed E-state index contributed by atoms with van der Waals surface area (Å²) in [5, 5.41) is 14.5. The number of pyridine rings is 1. The van der Waals surface area contributed by atoms with Crippen LogP contribution in [0.25, 0.3) is 94.5 Å². The van der Waals surface area contributed by atoms with Crippen molar-refractivity contribution in [3.63, 3.8) is 0 Å². The van der Waals surface area contributed by atoms with Crippen molar-refractivity contribution in [1.82, 2.24) is 19.7 Å². The summed E-state index contributed by atoms with van der Waals surface area (Å²) in [5.74, 6) is 1.01. The van der Waals surface area contributed by atoms with Crippen LogP contribution >= 0.6 is 0 Å². The van der Waals surface area contributed by atoms with Gasteiger partial charge in [0.15, 0.2) is 0 Å². The van der Waals surface area contributed by atoms with Crippen LogP contribution in [0.15, 0.2) is 174 Å². The van der Waals surface area contributed by atoms with Crippen LogP contribution in [0.2, 0.25) is 0 Å². The summed E-state index contributed by atoms with van der Waals surface area (Å²) in [6.07, 6.45) is 0. The maximum absolute atomic E-state index is 6.02. The fourth-order valence-corrected chi connectivity index (χ4v) is 7.24. The van der Waals surface area contributed by atoms with Crippen LogP contribution in [0.4, 0.5) is 0 Å². The van der Waals surface area contributed by atoms with Crippen molar-refractivity contribution in [2.45, 2.75) is 0 Å². The molecule has 0 bridgehead atoms. The summed E-state index contributed by atoms with van der Waals surface area (Å²) >= 11 is 0. The number of rotatable bonds is 5. The second-order valence-corrected chi connectivity index (χ2v) is 12.5. The Morgan fingerprint density at radius 1 is 0.420 bits per heavy atom. The van der Waals surface area contributed by atoms with Crippen molar-refractivity contribution < 1.29 is 4.42 Å². The minimum atomic E-state index is 0.498. The number of aromatic nitrogens is 4. The molecule has 0 saturated heterocycles. The first-order valence-corrected chi connectivity index (χ1v) is 16.7. The minimum Gasteiger partial charge on any atom is -0.416 e. The molecule has 5 heteroatoms. The van der Waals surface area contributed by atoms with Crippen LogP contribution in [0.3, 0.4) is 0 Å². The highest BCUT2D eigenvalue weighted by atomic mass is 16.4. The molecule has 0 saturated carbocycles. The number of hydrogen-bond acceptors (Lipinski definition) is 4. The van der Waals surface area contributed by atoms with E-state index in [0.29, 0.717) is 11.8 Å². The predicted octanol–water partition coefficient (Wildman–Crippen LogP) is 11.5. The van der Waals surface area contributed by atoms with Gasteiger partial charge in [-0.05, 0) is 59.7 Å². The lowest BCUT2D eigenvalue weighted by Crippen LogP contribution is -1.97. The first-order chi connectivity index (χ1) is 24.8. The average molecular weight is 641 g/mol. The van der Waals surface area contributed by atoms with Crippen LogP contribution in [0.5, 0.6) is 0 Å². The molecule has 7 aromatic carbocycles. The van der Waals surface area contributed by atoms with Crippen molar-refractivity contribution in [2.24, 2.45) is 0 Å². The second-order valence-electron chi connectivity index (χ2n) is 12.5.